The zero-order valence-electron chi connectivity index (χ0n) is 19.0. The van der Waals surface area contributed by atoms with Crippen LogP contribution in [0.5, 0.6) is 0 Å². The van der Waals surface area contributed by atoms with E-state index in [0.717, 1.165) is 44.9 Å². The van der Waals surface area contributed by atoms with Crippen LogP contribution < -0.4 is 0 Å². The number of hydrogen-bond donors (Lipinski definition) is 1. The number of ketones is 2. The fourth-order valence-electron chi connectivity index (χ4n) is 7.74. The second-order valence-electron chi connectivity index (χ2n) is 10.1. The normalized spacial score (nSPS) is 47.9. The molecule has 2 unspecified atom stereocenters. The van der Waals surface area contributed by atoms with Crippen molar-refractivity contribution in [3.05, 3.63) is 0 Å². The van der Waals surface area contributed by atoms with E-state index in [4.69, 9.17) is 12.6 Å². The highest BCUT2D eigenvalue weighted by Crippen LogP contribution is 2.74. The van der Waals surface area contributed by atoms with Gasteiger partial charge in [-0.3, -0.25) is 9.59 Å². The van der Waals surface area contributed by atoms with Gasteiger partial charge in [0.05, 0.1) is 14.0 Å². The number of carbonyl (C=O) groups is 3. The van der Waals surface area contributed by atoms with Gasteiger partial charge in [0.1, 0.15) is 18.4 Å². The zero-order valence-corrected chi connectivity index (χ0v) is 19.0. The fraction of sp³-hybridized carbons (Fsp3) is 0.875. The number of aliphatic hydroxyl groups is 1. The van der Waals surface area contributed by atoms with E-state index in [0.29, 0.717) is 18.1 Å². The van der Waals surface area contributed by atoms with Gasteiger partial charge in [-0.2, -0.15) is 0 Å². The second kappa shape index (κ2) is 8.65. The Morgan fingerprint density at radius 2 is 1.72 bits per heavy atom. The minimum Gasteiger partial charge on any atom is -0.393 e. The maximum Gasteiger partial charge on any atom is 0.137 e. The van der Waals surface area contributed by atoms with Crippen LogP contribution in [-0.4, -0.2) is 37.4 Å². The van der Waals surface area contributed by atoms with Gasteiger partial charge in [-0.05, 0) is 68.1 Å². The molecule has 29 heavy (non-hydrogen) atoms. The average Bonchev–Trinajstić information content (AvgIpc) is 2.96. The number of rotatable bonds is 1. The van der Waals surface area contributed by atoms with Crippen molar-refractivity contribution in [1.29, 1.82) is 0 Å². The molecule has 0 aromatic carbocycles. The van der Waals surface area contributed by atoms with Crippen molar-refractivity contribution in [2.75, 3.05) is 0 Å². The summed E-state index contributed by atoms with van der Waals surface area (Å²) in [5, 5.41) is 9.72. The highest BCUT2D eigenvalue weighted by molar-refractivity contribution is 6.18. The summed E-state index contributed by atoms with van der Waals surface area (Å²) in [5.74, 6) is 1.11. The molecule has 8 atom stereocenters. The second-order valence-corrected chi connectivity index (χ2v) is 10.1. The van der Waals surface area contributed by atoms with Gasteiger partial charge in [0.15, 0.2) is 0 Å². The van der Waals surface area contributed by atoms with Gasteiger partial charge in [0.25, 0.3) is 0 Å². The van der Waals surface area contributed by atoms with Gasteiger partial charge >= 0.3 is 0 Å². The molecule has 1 N–H and O–H groups in total. The minimum atomic E-state index is -0.397. The number of Topliss-reactive ketones (excluding diaryl/α,β-unsaturated/α-hetero) is 2. The van der Waals surface area contributed by atoms with Crippen molar-refractivity contribution in [3.8, 4) is 0 Å². The van der Waals surface area contributed by atoms with E-state index >= 15 is 0 Å². The maximum atomic E-state index is 13.4. The van der Waals surface area contributed by atoms with E-state index in [-0.39, 0.29) is 40.5 Å². The van der Waals surface area contributed by atoms with Crippen LogP contribution in [0.2, 0.25) is 5.31 Å². The van der Waals surface area contributed by atoms with Crippen molar-refractivity contribution >= 4 is 26.2 Å². The Morgan fingerprint density at radius 3 is 2.31 bits per heavy atom. The molecule has 4 rings (SSSR count). The van der Waals surface area contributed by atoms with Crippen LogP contribution in [-0.2, 0) is 14.4 Å². The monoisotopic (exact) mass is 402 g/mol. The molecular formula is C24H39BO4. The Hall–Kier alpha value is -0.965. The minimum absolute atomic E-state index is 0.0162. The highest BCUT2D eigenvalue weighted by Gasteiger charge is 2.68. The SMILES string of the molecule is C=O.CC.[B][C@@]12CC[C@H](C(C)=O)[C@@]1(C)CC(=O)C1C2CC[C@H]2C[C@@H](O)CC[C@]12C. The summed E-state index contributed by atoms with van der Waals surface area (Å²) < 4.78 is 0. The maximum absolute atomic E-state index is 13.4. The van der Waals surface area contributed by atoms with Crippen LogP contribution in [0.1, 0.15) is 86.0 Å². The van der Waals surface area contributed by atoms with E-state index in [1.807, 2.05) is 20.6 Å². The summed E-state index contributed by atoms with van der Waals surface area (Å²) in [4.78, 5) is 33.6. The molecule has 0 heterocycles. The van der Waals surface area contributed by atoms with Crippen molar-refractivity contribution in [2.24, 2.45) is 34.5 Å². The van der Waals surface area contributed by atoms with Crippen molar-refractivity contribution < 1.29 is 19.5 Å². The van der Waals surface area contributed by atoms with Gasteiger partial charge in [0, 0.05) is 18.3 Å². The Labute approximate surface area is 178 Å². The third-order valence-corrected chi connectivity index (χ3v) is 9.16. The molecule has 4 aliphatic rings. The lowest BCUT2D eigenvalue weighted by Crippen LogP contribution is -2.60. The predicted molar refractivity (Wildman–Crippen MR) is 116 cm³/mol. The lowest BCUT2D eigenvalue weighted by atomic mass is 9.35. The summed E-state index contributed by atoms with van der Waals surface area (Å²) in [5.41, 5.74) is -0.407. The summed E-state index contributed by atoms with van der Waals surface area (Å²) in [7, 11) is 7.10. The molecule has 0 saturated heterocycles. The quantitative estimate of drug-likeness (QED) is 0.663. The fourth-order valence-corrected chi connectivity index (χ4v) is 7.74. The van der Waals surface area contributed by atoms with Gasteiger partial charge in [0.2, 0.25) is 0 Å². The first-order valence-electron chi connectivity index (χ1n) is 11.4. The summed E-state index contributed by atoms with van der Waals surface area (Å²) in [6, 6.07) is 0. The molecule has 0 aromatic rings. The smallest absolute Gasteiger partial charge is 0.137 e. The number of hydrogen-bond acceptors (Lipinski definition) is 4. The first-order valence-corrected chi connectivity index (χ1v) is 11.4. The molecule has 0 aliphatic heterocycles. The van der Waals surface area contributed by atoms with E-state index in [1.54, 1.807) is 6.92 Å². The molecule has 5 heteroatoms. The van der Waals surface area contributed by atoms with Crippen LogP contribution in [0.3, 0.4) is 0 Å². The van der Waals surface area contributed by atoms with E-state index in [9.17, 15) is 14.7 Å². The molecule has 162 valence electrons. The topological polar surface area (TPSA) is 71.4 Å². The molecule has 4 nitrogen and oxygen atoms in total. The molecular weight excluding hydrogens is 363 g/mol. The Kier molecular flexibility index (Phi) is 7.25. The standard InChI is InChI=1S/C21H31BO3.C2H6.CH2O/c1-12(23)15-7-9-21(22)16-5-4-13-10-14(24)6-8-19(13,2)18(16)17(25)11-20(15,21)3;2*1-2/h13-16,18,24H,4-11H2,1-3H3;1-2H3;1H2/t13-,14-,15+,16?,18?,19-,20+,21+;;/m0../s1. The Bertz CT molecular complexity index is 636. The van der Waals surface area contributed by atoms with Crippen molar-refractivity contribution in [1.82, 2.24) is 0 Å². The number of aliphatic hydroxyl groups excluding tert-OH is 1. The third kappa shape index (κ3) is 3.45. The van der Waals surface area contributed by atoms with Crippen LogP contribution >= 0.6 is 0 Å². The van der Waals surface area contributed by atoms with E-state index in [2.05, 4.69) is 13.8 Å². The van der Waals surface area contributed by atoms with Gasteiger partial charge in [-0.25, -0.2) is 0 Å². The van der Waals surface area contributed by atoms with E-state index in [1.165, 1.54) is 0 Å². The molecule has 4 fully saturated rings. The van der Waals surface area contributed by atoms with Gasteiger partial charge in [-0.1, -0.05) is 39.4 Å². The van der Waals surface area contributed by atoms with Crippen LogP contribution in [0, 0.1) is 34.5 Å². The lowest BCUT2D eigenvalue weighted by molar-refractivity contribution is -0.160. The summed E-state index contributed by atoms with van der Waals surface area (Å²) in [6.07, 6.45) is 6.53. The summed E-state index contributed by atoms with van der Waals surface area (Å²) in [6.45, 7) is 12.1. The predicted octanol–water partition coefficient (Wildman–Crippen LogP) is 4.33. The van der Waals surface area contributed by atoms with Crippen molar-refractivity contribution in [3.63, 3.8) is 0 Å². The average molecular weight is 402 g/mol. The van der Waals surface area contributed by atoms with Crippen LogP contribution in [0.25, 0.3) is 0 Å². The number of fused-ring (bicyclic) bond motifs is 5. The Balaban J connectivity index is 0.000000707. The molecule has 0 bridgehead atoms. The van der Waals surface area contributed by atoms with Crippen LogP contribution in [0.4, 0.5) is 0 Å². The zero-order chi connectivity index (χ0) is 22.2. The first-order chi connectivity index (χ1) is 13.6. The first kappa shape index (κ1) is 24.3. The molecule has 0 amide bonds. The van der Waals surface area contributed by atoms with Crippen molar-refractivity contribution in [2.45, 2.75) is 97.4 Å². The van der Waals surface area contributed by atoms with E-state index < -0.39 is 5.31 Å². The third-order valence-electron chi connectivity index (χ3n) is 9.16. The van der Waals surface area contributed by atoms with Crippen LogP contribution in [0.15, 0.2) is 0 Å². The Morgan fingerprint density at radius 1 is 1.10 bits per heavy atom. The highest BCUT2D eigenvalue weighted by atomic mass is 16.3. The van der Waals surface area contributed by atoms with Gasteiger partial charge < -0.3 is 9.90 Å². The largest absolute Gasteiger partial charge is 0.393 e. The molecule has 4 aliphatic carbocycles. The molecule has 4 saturated carbocycles. The molecule has 2 radical (unpaired) electrons. The molecule has 0 spiro atoms. The van der Waals surface area contributed by atoms with Gasteiger partial charge in [-0.15, -0.1) is 0 Å². The summed E-state index contributed by atoms with van der Waals surface area (Å²) >= 11 is 0. The lowest BCUT2D eigenvalue weighted by Gasteiger charge is -2.64. The number of carbonyl (C=O) groups excluding carboxylic acids is 3. The molecule has 0 aromatic heterocycles.